The van der Waals surface area contributed by atoms with Gasteiger partial charge in [0.05, 0.1) is 10.0 Å². The van der Waals surface area contributed by atoms with Gasteiger partial charge in [0.2, 0.25) is 0 Å². The van der Waals surface area contributed by atoms with E-state index in [1.807, 2.05) is 12.1 Å². The summed E-state index contributed by atoms with van der Waals surface area (Å²) in [4.78, 5) is 11.8. The maximum Gasteiger partial charge on any atom is 0.343 e. The molecule has 2 aromatic carbocycles. The van der Waals surface area contributed by atoms with Crippen LogP contribution in [0.1, 0.15) is 10.4 Å². The number of hydrogen-bond donors (Lipinski definition) is 0. The van der Waals surface area contributed by atoms with Gasteiger partial charge in [-0.15, -0.1) is 0 Å². The van der Waals surface area contributed by atoms with Crippen LogP contribution in [0.3, 0.4) is 0 Å². The van der Waals surface area contributed by atoms with Crippen LogP contribution in [0.5, 0.6) is 5.75 Å². The van der Waals surface area contributed by atoms with Crippen molar-refractivity contribution in [3.63, 3.8) is 0 Å². The number of esters is 1. The van der Waals surface area contributed by atoms with Crippen LogP contribution < -0.4 is 4.74 Å². The van der Waals surface area contributed by atoms with Crippen LogP contribution in [0.25, 0.3) is 0 Å². The molecule has 2 aromatic rings. The van der Waals surface area contributed by atoms with Crippen LogP contribution in [0.4, 0.5) is 0 Å². The molecule has 4 heteroatoms. The second-order valence-corrected chi connectivity index (χ2v) is 4.62. The summed E-state index contributed by atoms with van der Waals surface area (Å²) < 4.78 is 5.98. The SMILES string of the molecule is O=C(Oc1ccccc1Br)c1ccc(Cl)cc1. The first-order valence-electron chi connectivity index (χ1n) is 4.89. The van der Waals surface area contributed by atoms with Crippen LogP contribution in [-0.4, -0.2) is 5.97 Å². The molecule has 0 heterocycles. The van der Waals surface area contributed by atoms with E-state index in [0.29, 0.717) is 16.3 Å². The molecule has 0 aliphatic rings. The highest BCUT2D eigenvalue weighted by molar-refractivity contribution is 9.10. The van der Waals surface area contributed by atoms with E-state index in [1.54, 1.807) is 36.4 Å². The van der Waals surface area contributed by atoms with Gasteiger partial charge >= 0.3 is 5.97 Å². The number of carbonyl (C=O) groups is 1. The number of ether oxygens (including phenoxy) is 1. The molecule has 0 amide bonds. The zero-order chi connectivity index (χ0) is 12.3. The van der Waals surface area contributed by atoms with Crippen LogP contribution in [-0.2, 0) is 0 Å². The largest absolute Gasteiger partial charge is 0.422 e. The fraction of sp³-hybridized carbons (Fsp3) is 0. The highest BCUT2D eigenvalue weighted by Gasteiger charge is 2.09. The van der Waals surface area contributed by atoms with Crippen molar-refractivity contribution in [2.75, 3.05) is 0 Å². The molecule has 0 aliphatic heterocycles. The molecule has 0 fully saturated rings. The summed E-state index contributed by atoms with van der Waals surface area (Å²) in [5.74, 6) is 0.0843. The van der Waals surface area contributed by atoms with Crippen molar-refractivity contribution in [2.45, 2.75) is 0 Å². The van der Waals surface area contributed by atoms with Crippen molar-refractivity contribution in [3.05, 3.63) is 63.6 Å². The maximum atomic E-state index is 11.8. The monoisotopic (exact) mass is 310 g/mol. The lowest BCUT2D eigenvalue weighted by atomic mass is 10.2. The lowest BCUT2D eigenvalue weighted by molar-refractivity contribution is 0.0733. The van der Waals surface area contributed by atoms with Gasteiger partial charge in [-0.1, -0.05) is 23.7 Å². The first kappa shape index (κ1) is 12.1. The fourth-order valence-electron chi connectivity index (χ4n) is 1.27. The molecule has 0 saturated carbocycles. The van der Waals surface area contributed by atoms with Crippen LogP contribution in [0, 0.1) is 0 Å². The minimum absolute atomic E-state index is 0.409. The van der Waals surface area contributed by atoms with Crippen LogP contribution in [0.15, 0.2) is 53.0 Å². The number of benzene rings is 2. The molecule has 0 bridgehead atoms. The average molecular weight is 312 g/mol. The predicted molar refractivity (Wildman–Crippen MR) is 70.6 cm³/mol. The van der Waals surface area contributed by atoms with E-state index in [4.69, 9.17) is 16.3 Å². The maximum absolute atomic E-state index is 11.8. The van der Waals surface area contributed by atoms with E-state index >= 15 is 0 Å². The fourth-order valence-corrected chi connectivity index (χ4v) is 1.76. The molecule has 0 aromatic heterocycles. The van der Waals surface area contributed by atoms with Gasteiger partial charge in [-0.3, -0.25) is 0 Å². The molecule has 0 aliphatic carbocycles. The molecular formula is C13H8BrClO2. The van der Waals surface area contributed by atoms with E-state index < -0.39 is 5.97 Å². The molecule has 0 N–H and O–H groups in total. The standard InChI is InChI=1S/C13H8BrClO2/c14-11-3-1-2-4-12(11)17-13(16)9-5-7-10(15)8-6-9/h1-8H. The van der Waals surface area contributed by atoms with Crippen molar-refractivity contribution < 1.29 is 9.53 Å². The summed E-state index contributed by atoms with van der Waals surface area (Å²) in [6.45, 7) is 0. The number of rotatable bonds is 2. The Balaban J connectivity index is 2.17. The van der Waals surface area contributed by atoms with E-state index in [1.165, 1.54) is 0 Å². The Morgan fingerprint density at radius 3 is 2.35 bits per heavy atom. The van der Waals surface area contributed by atoms with Crippen LogP contribution in [0.2, 0.25) is 5.02 Å². The Labute approximate surface area is 112 Å². The van der Waals surface area contributed by atoms with Crippen molar-refractivity contribution in [3.8, 4) is 5.75 Å². The third-order valence-electron chi connectivity index (χ3n) is 2.12. The molecule has 86 valence electrons. The molecule has 0 unspecified atom stereocenters. The van der Waals surface area contributed by atoms with Gasteiger partial charge in [0, 0.05) is 5.02 Å². The zero-order valence-electron chi connectivity index (χ0n) is 8.69. The summed E-state index contributed by atoms with van der Waals surface area (Å²) in [6, 6.07) is 13.7. The van der Waals surface area contributed by atoms with Crippen molar-refractivity contribution >= 4 is 33.5 Å². The predicted octanol–water partition coefficient (Wildman–Crippen LogP) is 4.32. The van der Waals surface area contributed by atoms with Crippen molar-refractivity contribution in [1.82, 2.24) is 0 Å². The summed E-state index contributed by atoms with van der Waals surface area (Å²) in [5.41, 5.74) is 0.463. The topological polar surface area (TPSA) is 26.3 Å². The molecule has 17 heavy (non-hydrogen) atoms. The summed E-state index contributed by atoms with van der Waals surface area (Å²) in [6.07, 6.45) is 0. The molecular weight excluding hydrogens is 303 g/mol. The van der Waals surface area contributed by atoms with E-state index in [0.717, 1.165) is 4.47 Å². The van der Waals surface area contributed by atoms with Crippen LogP contribution >= 0.6 is 27.5 Å². The molecule has 0 spiro atoms. The van der Waals surface area contributed by atoms with Gasteiger partial charge < -0.3 is 4.74 Å². The second kappa shape index (κ2) is 5.34. The minimum atomic E-state index is -0.409. The second-order valence-electron chi connectivity index (χ2n) is 3.33. The third-order valence-corrected chi connectivity index (χ3v) is 3.03. The average Bonchev–Trinajstić information content (AvgIpc) is 2.33. The molecule has 0 atom stereocenters. The van der Waals surface area contributed by atoms with Crippen molar-refractivity contribution in [1.29, 1.82) is 0 Å². The quantitative estimate of drug-likeness (QED) is 0.610. The Bertz CT molecular complexity index is 537. The van der Waals surface area contributed by atoms with Gasteiger partial charge in [-0.25, -0.2) is 4.79 Å². The Morgan fingerprint density at radius 1 is 1.06 bits per heavy atom. The molecule has 2 rings (SSSR count). The Morgan fingerprint density at radius 2 is 1.71 bits per heavy atom. The van der Waals surface area contributed by atoms with E-state index in [-0.39, 0.29) is 0 Å². The summed E-state index contributed by atoms with van der Waals surface area (Å²) in [7, 11) is 0. The van der Waals surface area contributed by atoms with Gasteiger partial charge in [-0.2, -0.15) is 0 Å². The van der Waals surface area contributed by atoms with E-state index in [2.05, 4.69) is 15.9 Å². The third kappa shape index (κ3) is 3.08. The Kier molecular flexibility index (Phi) is 3.82. The van der Waals surface area contributed by atoms with Gasteiger partial charge in [0.25, 0.3) is 0 Å². The van der Waals surface area contributed by atoms with E-state index in [9.17, 15) is 4.79 Å². The number of carbonyl (C=O) groups excluding carboxylic acids is 1. The Hall–Kier alpha value is -1.32. The zero-order valence-corrected chi connectivity index (χ0v) is 11.0. The molecule has 0 radical (unpaired) electrons. The lowest BCUT2D eigenvalue weighted by Gasteiger charge is -2.05. The summed E-state index contributed by atoms with van der Waals surface area (Å²) >= 11 is 9.05. The molecule has 2 nitrogen and oxygen atoms in total. The highest BCUT2D eigenvalue weighted by Crippen LogP contribution is 2.24. The highest BCUT2D eigenvalue weighted by atomic mass is 79.9. The van der Waals surface area contributed by atoms with Gasteiger partial charge in [0.1, 0.15) is 5.75 Å². The number of para-hydroxylation sites is 1. The number of hydrogen-bond acceptors (Lipinski definition) is 2. The summed E-state index contributed by atoms with van der Waals surface area (Å²) in [5, 5.41) is 0.586. The number of halogens is 2. The van der Waals surface area contributed by atoms with Gasteiger partial charge in [0.15, 0.2) is 0 Å². The first-order chi connectivity index (χ1) is 8.16. The minimum Gasteiger partial charge on any atom is -0.422 e. The lowest BCUT2D eigenvalue weighted by Crippen LogP contribution is -2.08. The van der Waals surface area contributed by atoms with Crippen molar-refractivity contribution in [2.24, 2.45) is 0 Å². The first-order valence-corrected chi connectivity index (χ1v) is 6.06. The normalized spacial score (nSPS) is 10.0. The van der Waals surface area contributed by atoms with Gasteiger partial charge in [-0.05, 0) is 52.3 Å². The smallest absolute Gasteiger partial charge is 0.343 e. The molecule has 0 saturated heterocycles.